The summed E-state index contributed by atoms with van der Waals surface area (Å²) < 4.78 is 15.9. The Bertz CT molecular complexity index is 937. The van der Waals surface area contributed by atoms with E-state index in [1.54, 1.807) is 39.5 Å². The standard InChI is InChI=1S/C20H20N2O4S/c1-13(23)22(18-10-9-16(25-3)11-19(18)26-4)20-21-17(12-27-20)14-5-7-15(24-2)8-6-14/h5-12H,1-4H3. The van der Waals surface area contributed by atoms with Gasteiger partial charge in [0.2, 0.25) is 5.91 Å². The molecule has 0 aliphatic heterocycles. The second-order valence-corrected chi connectivity index (χ2v) is 6.47. The Labute approximate surface area is 161 Å². The predicted octanol–water partition coefficient (Wildman–Crippen LogP) is 4.52. The number of ether oxygens (including phenoxy) is 3. The summed E-state index contributed by atoms with van der Waals surface area (Å²) in [5.41, 5.74) is 2.35. The Hall–Kier alpha value is -3.06. The van der Waals surface area contributed by atoms with Gasteiger partial charge in [-0.3, -0.25) is 9.69 Å². The van der Waals surface area contributed by atoms with Gasteiger partial charge in [-0.25, -0.2) is 4.98 Å². The zero-order valence-corrected chi connectivity index (χ0v) is 16.4. The minimum absolute atomic E-state index is 0.158. The topological polar surface area (TPSA) is 60.9 Å². The molecule has 0 unspecified atom stereocenters. The molecule has 0 aliphatic rings. The fourth-order valence-corrected chi connectivity index (χ4v) is 3.53. The van der Waals surface area contributed by atoms with Crippen molar-refractivity contribution < 1.29 is 19.0 Å². The van der Waals surface area contributed by atoms with E-state index in [4.69, 9.17) is 14.2 Å². The number of methoxy groups -OCH3 is 3. The monoisotopic (exact) mass is 384 g/mol. The summed E-state index contributed by atoms with van der Waals surface area (Å²) in [5.74, 6) is 1.81. The third-order valence-corrected chi connectivity index (χ3v) is 4.84. The lowest BCUT2D eigenvalue weighted by Crippen LogP contribution is -2.23. The average molecular weight is 384 g/mol. The number of nitrogens with zero attached hydrogens (tertiary/aromatic N) is 2. The van der Waals surface area contributed by atoms with Gasteiger partial charge in [-0.05, 0) is 36.4 Å². The van der Waals surface area contributed by atoms with E-state index in [1.807, 2.05) is 29.6 Å². The van der Waals surface area contributed by atoms with Crippen LogP contribution in [0, 0.1) is 0 Å². The molecule has 140 valence electrons. The third kappa shape index (κ3) is 3.88. The molecule has 0 radical (unpaired) electrons. The van der Waals surface area contributed by atoms with Crippen LogP contribution in [0.15, 0.2) is 47.8 Å². The van der Waals surface area contributed by atoms with Gasteiger partial charge in [0.15, 0.2) is 5.13 Å². The molecule has 1 amide bonds. The first kappa shape index (κ1) is 18.7. The first-order valence-corrected chi connectivity index (χ1v) is 9.08. The van der Waals surface area contributed by atoms with Gasteiger partial charge in [-0.2, -0.15) is 0 Å². The number of amides is 1. The fraction of sp³-hybridized carbons (Fsp3) is 0.200. The van der Waals surface area contributed by atoms with Crippen molar-refractivity contribution in [2.45, 2.75) is 6.92 Å². The summed E-state index contributed by atoms with van der Waals surface area (Å²) in [6.07, 6.45) is 0. The van der Waals surface area contributed by atoms with Crippen LogP contribution in [-0.2, 0) is 4.79 Å². The summed E-state index contributed by atoms with van der Waals surface area (Å²) in [7, 11) is 4.77. The fourth-order valence-electron chi connectivity index (χ4n) is 2.64. The molecule has 0 saturated heterocycles. The van der Waals surface area contributed by atoms with Crippen molar-refractivity contribution in [2.75, 3.05) is 26.2 Å². The van der Waals surface area contributed by atoms with E-state index < -0.39 is 0 Å². The highest BCUT2D eigenvalue weighted by Crippen LogP contribution is 2.39. The van der Waals surface area contributed by atoms with Crippen molar-refractivity contribution in [1.29, 1.82) is 0 Å². The zero-order chi connectivity index (χ0) is 19.4. The Balaban J connectivity index is 1.99. The first-order valence-electron chi connectivity index (χ1n) is 8.20. The lowest BCUT2D eigenvalue weighted by atomic mass is 10.2. The minimum Gasteiger partial charge on any atom is -0.497 e. The van der Waals surface area contributed by atoms with Gasteiger partial charge in [0.25, 0.3) is 0 Å². The molecular weight excluding hydrogens is 364 g/mol. The van der Waals surface area contributed by atoms with E-state index in [2.05, 4.69) is 4.98 Å². The molecule has 1 aromatic heterocycles. The number of anilines is 2. The summed E-state index contributed by atoms with van der Waals surface area (Å²) in [4.78, 5) is 18.6. The van der Waals surface area contributed by atoms with E-state index in [0.717, 1.165) is 17.0 Å². The molecule has 6 nitrogen and oxygen atoms in total. The lowest BCUT2D eigenvalue weighted by Gasteiger charge is -2.21. The Kier molecular flexibility index (Phi) is 5.61. The lowest BCUT2D eigenvalue weighted by molar-refractivity contribution is -0.115. The second kappa shape index (κ2) is 8.09. The van der Waals surface area contributed by atoms with E-state index in [9.17, 15) is 4.79 Å². The van der Waals surface area contributed by atoms with E-state index in [1.165, 1.54) is 23.2 Å². The number of rotatable bonds is 6. The van der Waals surface area contributed by atoms with Gasteiger partial charge >= 0.3 is 0 Å². The Morgan fingerprint density at radius 3 is 2.22 bits per heavy atom. The SMILES string of the molecule is COc1ccc(-c2csc(N(C(C)=O)c3ccc(OC)cc3OC)n2)cc1. The summed E-state index contributed by atoms with van der Waals surface area (Å²) in [5, 5.41) is 2.49. The molecule has 3 aromatic rings. The predicted molar refractivity (Wildman–Crippen MR) is 106 cm³/mol. The summed E-state index contributed by atoms with van der Waals surface area (Å²) >= 11 is 1.39. The van der Waals surface area contributed by atoms with Crippen LogP contribution in [-0.4, -0.2) is 32.2 Å². The minimum atomic E-state index is -0.158. The van der Waals surface area contributed by atoms with E-state index in [0.29, 0.717) is 22.3 Å². The van der Waals surface area contributed by atoms with Crippen LogP contribution in [0.1, 0.15) is 6.92 Å². The number of aromatic nitrogens is 1. The molecule has 0 bridgehead atoms. The van der Waals surface area contributed by atoms with Crippen molar-refractivity contribution in [1.82, 2.24) is 4.98 Å². The number of thiazole rings is 1. The first-order chi connectivity index (χ1) is 13.1. The molecule has 0 spiro atoms. The van der Waals surface area contributed by atoms with E-state index >= 15 is 0 Å². The second-order valence-electron chi connectivity index (χ2n) is 5.64. The molecule has 0 aliphatic carbocycles. The summed E-state index contributed by atoms with van der Waals surface area (Å²) in [6.45, 7) is 1.50. The van der Waals surface area contributed by atoms with Crippen molar-refractivity contribution in [3.63, 3.8) is 0 Å². The van der Waals surface area contributed by atoms with Crippen LogP contribution in [0.4, 0.5) is 10.8 Å². The van der Waals surface area contributed by atoms with Crippen LogP contribution in [0.3, 0.4) is 0 Å². The van der Waals surface area contributed by atoms with Crippen molar-refractivity contribution in [3.05, 3.63) is 47.8 Å². The van der Waals surface area contributed by atoms with Gasteiger partial charge < -0.3 is 14.2 Å². The molecule has 0 saturated carbocycles. The Morgan fingerprint density at radius 2 is 1.63 bits per heavy atom. The van der Waals surface area contributed by atoms with Crippen LogP contribution in [0.5, 0.6) is 17.2 Å². The van der Waals surface area contributed by atoms with Gasteiger partial charge in [-0.1, -0.05) is 0 Å². The smallest absolute Gasteiger partial charge is 0.230 e. The summed E-state index contributed by atoms with van der Waals surface area (Å²) in [6, 6.07) is 12.9. The average Bonchev–Trinajstić information content (AvgIpc) is 3.17. The molecule has 0 N–H and O–H groups in total. The van der Waals surface area contributed by atoms with Gasteiger partial charge in [0, 0.05) is 23.9 Å². The van der Waals surface area contributed by atoms with Crippen LogP contribution in [0.25, 0.3) is 11.3 Å². The number of benzene rings is 2. The molecule has 3 rings (SSSR count). The molecule has 1 heterocycles. The number of hydrogen-bond acceptors (Lipinski definition) is 6. The molecule has 0 fully saturated rings. The Morgan fingerprint density at radius 1 is 0.963 bits per heavy atom. The highest BCUT2D eigenvalue weighted by Gasteiger charge is 2.22. The maximum absolute atomic E-state index is 12.4. The van der Waals surface area contributed by atoms with Crippen LogP contribution >= 0.6 is 11.3 Å². The molecular formula is C20H20N2O4S. The van der Waals surface area contributed by atoms with Crippen molar-refractivity contribution in [2.24, 2.45) is 0 Å². The largest absolute Gasteiger partial charge is 0.497 e. The number of carbonyl (C=O) groups excluding carboxylic acids is 1. The maximum Gasteiger partial charge on any atom is 0.230 e. The third-order valence-electron chi connectivity index (χ3n) is 4.01. The highest BCUT2D eigenvalue weighted by molar-refractivity contribution is 7.14. The quantitative estimate of drug-likeness (QED) is 0.625. The normalized spacial score (nSPS) is 10.4. The molecule has 2 aromatic carbocycles. The molecule has 0 atom stereocenters. The van der Waals surface area contributed by atoms with Gasteiger partial charge in [0.1, 0.15) is 17.2 Å². The van der Waals surface area contributed by atoms with Crippen molar-refractivity contribution in [3.8, 4) is 28.5 Å². The van der Waals surface area contributed by atoms with Crippen molar-refractivity contribution >= 4 is 28.1 Å². The molecule has 7 heteroatoms. The van der Waals surface area contributed by atoms with Gasteiger partial charge in [-0.15, -0.1) is 11.3 Å². The van der Waals surface area contributed by atoms with Gasteiger partial charge in [0.05, 0.1) is 32.7 Å². The van der Waals surface area contributed by atoms with Crippen LogP contribution in [0.2, 0.25) is 0 Å². The number of carbonyl (C=O) groups is 1. The maximum atomic E-state index is 12.4. The van der Waals surface area contributed by atoms with Crippen LogP contribution < -0.4 is 19.1 Å². The van der Waals surface area contributed by atoms with E-state index in [-0.39, 0.29) is 5.91 Å². The highest BCUT2D eigenvalue weighted by atomic mass is 32.1. The molecule has 27 heavy (non-hydrogen) atoms. The zero-order valence-electron chi connectivity index (χ0n) is 15.6. The number of hydrogen-bond donors (Lipinski definition) is 0.